The van der Waals surface area contributed by atoms with Crippen molar-refractivity contribution in [3.05, 3.63) is 103 Å². The summed E-state index contributed by atoms with van der Waals surface area (Å²) in [5, 5.41) is 13.6. The molecule has 0 spiro atoms. The van der Waals surface area contributed by atoms with Crippen LogP contribution < -0.4 is 15.6 Å². The van der Waals surface area contributed by atoms with Crippen LogP contribution in [0, 0.1) is 10.1 Å². The molecule has 2 N–H and O–H groups in total. The molecule has 4 aromatic rings. The number of ether oxygens (including phenoxy) is 2. The number of nitro groups is 1. The van der Waals surface area contributed by atoms with Crippen molar-refractivity contribution in [2.45, 2.75) is 12.8 Å². The highest BCUT2D eigenvalue weighted by Gasteiger charge is 2.39. The maximum atomic E-state index is 13.3. The van der Waals surface area contributed by atoms with E-state index in [0.717, 1.165) is 12.1 Å². The van der Waals surface area contributed by atoms with Gasteiger partial charge in [0.2, 0.25) is 5.78 Å². The number of nitrogens with zero attached hydrogens (tertiary/aromatic N) is 2. The van der Waals surface area contributed by atoms with Crippen molar-refractivity contribution in [3.8, 4) is 5.75 Å². The fourth-order valence-electron chi connectivity index (χ4n) is 4.73. The van der Waals surface area contributed by atoms with Gasteiger partial charge in [-0.2, -0.15) is 0 Å². The zero-order chi connectivity index (χ0) is 31.0. The van der Waals surface area contributed by atoms with Crippen LogP contribution in [0.15, 0.2) is 59.4 Å². The van der Waals surface area contributed by atoms with Gasteiger partial charge in [-0.15, -0.1) is 0 Å². The Hall–Kier alpha value is -6.05. The van der Waals surface area contributed by atoms with E-state index >= 15 is 0 Å². The summed E-state index contributed by atoms with van der Waals surface area (Å²) in [7, 11) is 1.28. The van der Waals surface area contributed by atoms with Crippen LogP contribution in [0.3, 0.4) is 0 Å². The first-order chi connectivity index (χ1) is 20.6. The number of nitro benzene ring substituents is 1. The number of aromatic amines is 1. The van der Waals surface area contributed by atoms with E-state index in [4.69, 9.17) is 9.47 Å². The Kier molecular flexibility index (Phi) is 7.34. The van der Waals surface area contributed by atoms with Crippen molar-refractivity contribution in [2.75, 3.05) is 19.0 Å². The normalized spacial score (nSPS) is 12.6. The average Bonchev–Trinajstić information content (AvgIpc) is 3.00. The van der Waals surface area contributed by atoms with Gasteiger partial charge in [0.05, 0.1) is 41.3 Å². The molecular formula is C29H20N4O10. The van der Waals surface area contributed by atoms with Gasteiger partial charge in [0, 0.05) is 16.7 Å². The smallest absolute Gasteiger partial charge is 0.323 e. The highest BCUT2D eigenvalue weighted by molar-refractivity contribution is 6.45. The Morgan fingerprint density at radius 2 is 1.70 bits per heavy atom. The highest BCUT2D eigenvalue weighted by Crippen LogP contribution is 2.32. The maximum absolute atomic E-state index is 13.3. The number of hydrogen-bond acceptors (Lipinski definition) is 11. The number of nitrogens with one attached hydrogen (secondary N) is 2. The van der Waals surface area contributed by atoms with Crippen LogP contribution in [0.25, 0.3) is 11.0 Å². The molecule has 0 fully saturated rings. The number of hydrogen-bond donors (Lipinski definition) is 2. The number of esters is 1. The minimum atomic E-state index is -2.17. The van der Waals surface area contributed by atoms with Gasteiger partial charge in [-0.25, -0.2) is 4.98 Å². The van der Waals surface area contributed by atoms with E-state index in [1.807, 2.05) is 0 Å². The summed E-state index contributed by atoms with van der Waals surface area (Å²) in [4.78, 5) is 96.2. The molecule has 14 heteroatoms. The molecule has 0 unspecified atom stereocenters. The van der Waals surface area contributed by atoms with Crippen molar-refractivity contribution < 1.29 is 38.4 Å². The van der Waals surface area contributed by atoms with E-state index in [2.05, 4.69) is 15.3 Å². The summed E-state index contributed by atoms with van der Waals surface area (Å²) in [5.74, 6) is -7.27. The molecule has 1 amide bonds. The summed E-state index contributed by atoms with van der Waals surface area (Å²) in [5.41, 5.74) is -2.71. The van der Waals surface area contributed by atoms with Gasteiger partial charge in [0.25, 0.3) is 17.2 Å². The van der Waals surface area contributed by atoms with Crippen molar-refractivity contribution in [2.24, 2.45) is 0 Å². The van der Waals surface area contributed by atoms with E-state index in [1.54, 1.807) is 12.1 Å². The second kappa shape index (κ2) is 11.1. The largest absolute Gasteiger partial charge is 0.496 e. The minimum Gasteiger partial charge on any atom is -0.496 e. The van der Waals surface area contributed by atoms with Gasteiger partial charge in [0.15, 0.2) is 17.5 Å². The standard InChI is InChI=1S/C29H20N4O10/c1-3-43-29(39)21(26(36)28(38)31-17-10-8-13(42-2)12-19(17)33(40)41)23-27(37)32-22-18(30-23)11-9-16-20(22)25(35)15-7-5-4-6-14(15)24(16)34/h4-12,21H,3H2,1-2H3,(H,31,38)(H,32,37)/t21-/m0/s1. The van der Waals surface area contributed by atoms with Crippen LogP contribution in [0.2, 0.25) is 0 Å². The Bertz CT molecular complexity index is 1960. The van der Waals surface area contributed by atoms with Crippen molar-refractivity contribution in [3.63, 3.8) is 0 Å². The molecule has 14 nitrogen and oxygen atoms in total. The Labute approximate surface area is 240 Å². The zero-order valence-electron chi connectivity index (χ0n) is 22.5. The average molecular weight is 584 g/mol. The second-order valence-corrected chi connectivity index (χ2v) is 9.18. The predicted molar refractivity (Wildman–Crippen MR) is 148 cm³/mol. The number of benzene rings is 3. The number of amides is 1. The summed E-state index contributed by atoms with van der Waals surface area (Å²) in [6, 6.07) is 12.3. The lowest BCUT2D eigenvalue weighted by Gasteiger charge is -2.19. The molecule has 1 aliphatic carbocycles. The molecule has 1 aliphatic rings. The highest BCUT2D eigenvalue weighted by atomic mass is 16.6. The Morgan fingerprint density at radius 3 is 2.35 bits per heavy atom. The van der Waals surface area contributed by atoms with Gasteiger partial charge >= 0.3 is 5.97 Å². The third kappa shape index (κ3) is 4.90. The number of anilines is 1. The van der Waals surface area contributed by atoms with Crippen molar-refractivity contribution >= 4 is 51.6 Å². The first-order valence-corrected chi connectivity index (χ1v) is 12.7. The van der Waals surface area contributed by atoms with Crippen molar-refractivity contribution in [1.29, 1.82) is 0 Å². The van der Waals surface area contributed by atoms with Crippen LogP contribution in [0.1, 0.15) is 50.4 Å². The second-order valence-electron chi connectivity index (χ2n) is 9.18. The van der Waals surface area contributed by atoms with E-state index in [-0.39, 0.29) is 51.3 Å². The number of rotatable bonds is 8. The third-order valence-electron chi connectivity index (χ3n) is 6.71. The molecule has 0 radical (unpaired) electrons. The van der Waals surface area contributed by atoms with E-state index in [9.17, 15) is 38.9 Å². The number of Topliss-reactive ketones (excluding diaryl/α,β-unsaturated/α-hetero) is 1. The van der Waals surface area contributed by atoms with E-state index in [0.29, 0.717) is 0 Å². The van der Waals surface area contributed by atoms with E-state index < -0.39 is 57.0 Å². The summed E-state index contributed by atoms with van der Waals surface area (Å²) in [6.07, 6.45) is 0. The lowest BCUT2D eigenvalue weighted by molar-refractivity contribution is -0.384. The van der Waals surface area contributed by atoms with Crippen LogP contribution in [-0.4, -0.2) is 57.8 Å². The van der Waals surface area contributed by atoms with Gasteiger partial charge in [0.1, 0.15) is 17.1 Å². The Balaban J connectivity index is 1.58. The molecule has 1 heterocycles. The molecule has 216 valence electrons. The third-order valence-corrected chi connectivity index (χ3v) is 6.71. The number of methoxy groups -OCH3 is 1. The molecule has 0 saturated heterocycles. The van der Waals surface area contributed by atoms with Gasteiger partial charge in [-0.1, -0.05) is 24.3 Å². The molecule has 1 atom stereocenters. The summed E-state index contributed by atoms with van der Waals surface area (Å²) >= 11 is 0. The molecular weight excluding hydrogens is 564 g/mol. The number of carbonyl (C=O) groups excluding carboxylic acids is 5. The van der Waals surface area contributed by atoms with Crippen LogP contribution in [0.4, 0.5) is 11.4 Å². The maximum Gasteiger partial charge on any atom is 0.323 e. The fourth-order valence-corrected chi connectivity index (χ4v) is 4.73. The number of aromatic nitrogens is 2. The summed E-state index contributed by atoms with van der Waals surface area (Å²) < 4.78 is 9.89. The van der Waals surface area contributed by atoms with Crippen LogP contribution in [0.5, 0.6) is 5.75 Å². The number of fused-ring (bicyclic) bond motifs is 4. The first-order valence-electron chi connectivity index (χ1n) is 12.7. The topological polar surface area (TPSA) is 205 Å². The molecule has 3 aromatic carbocycles. The Morgan fingerprint density at radius 1 is 1.00 bits per heavy atom. The first kappa shape index (κ1) is 28.5. The summed E-state index contributed by atoms with van der Waals surface area (Å²) in [6.45, 7) is 1.22. The number of carbonyl (C=O) groups is 5. The van der Waals surface area contributed by atoms with Crippen molar-refractivity contribution in [1.82, 2.24) is 9.97 Å². The molecule has 0 bridgehead atoms. The lowest BCUT2D eigenvalue weighted by Crippen LogP contribution is -2.37. The van der Waals surface area contributed by atoms with E-state index in [1.165, 1.54) is 44.4 Å². The monoisotopic (exact) mass is 584 g/mol. The van der Waals surface area contributed by atoms with Crippen LogP contribution >= 0.6 is 0 Å². The molecule has 0 aliphatic heterocycles. The van der Waals surface area contributed by atoms with Gasteiger partial charge < -0.3 is 19.8 Å². The molecule has 0 saturated carbocycles. The van der Waals surface area contributed by atoms with Gasteiger partial charge in [-0.3, -0.25) is 38.9 Å². The quantitative estimate of drug-likeness (QED) is 0.0891. The SMILES string of the molecule is CCOC(=O)[C@H](C(=O)C(=O)Nc1ccc(OC)cc1[N+](=O)[O-])c1nc2ccc3c(c2[nH]c1=O)C(=O)c1ccccc1C3=O. The van der Waals surface area contributed by atoms with Gasteiger partial charge in [-0.05, 0) is 31.2 Å². The lowest BCUT2D eigenvalue weighted by atomic mass is 9.83. The fraction of sp³-hybridized carbons (Fsp3) is 0.138. The molecule has 1 aromatic heterocycles. The zero-order valence-corrected chi connectivity index (χ0v) is 22.5. The predicted octanol–water partition coefficient (Wildman–Crippen LogP) is 2.47. The minimum absolute atomic E-state index is 0.0277. The molecule has 43 heavy (non-hydrogen) atoms. The van der Waals surface area contributed by atoms with Crippen LogP contribution in [-0.2, 0) is 19.1 Å². The number of H-pyrrole nitrogens is 1. The number of ketones is 3. The molecule has 5 rings (SSSR count).